The van der Waals surface area contributed by atoms with Crippen LogP contribution < -0.4 is 14.8 Å². The Bertz CT molecular complexity index is 775. The van der Waals surface area contributed by atoms with E-state index in [9.17, 15) is 9.59 Å². The number of esters is 1. The number of hydrogen-bond donors (Lipinski definition) is 1. The quantitative estimate of drug-likeness (QED) is 0.498. The molecule has 28 heavy (non-hydrogen) atoms. The first kappa shape index (κ1) is 21.2. The fourth-order valence-corrected chi connectivity index (χ4v) is 2.34. The molecule has 0 aliphatic heterocycles. The van der Waals surface area contributed by atoms with Gasteiger partial charge in [-0.25, -0.2) is 4.79 Å². The molecular weight excluding hydrogens is 362 g/mol. The molecular formula is C21H25NO6. The van der Waals surface area contributed by atoms with Crippen molar-refractivity contribution >= 4 is 17.6 Å². The highest BCUT2D eigenvalue weighted by atomic mass is 16.6. The highest BCUT2D eigenvalue weighted by Crippen LogP contribution is 2.24. The Hall–Kier alpha value is -3.06. The lowest BCUT2D eigenvalue weighted by Gasteiger charge is -2.14. The SMILES string of the molecule is CCOCCOC(=O)C(C)Oc1ccc(C(=O)Nc2ccccc2OC)cc1. The molecule has 1 atom stereocenters. The maximum absolute atomic E-state index is 12.4. The number of nitrogens with one attached hydrogen (secondary N) is 1. The average molecular weight is 387 g/mol. The van der Waals surface area contributed by atoms with Crippen molar-refractivity contribution < 1.29 is 28.5 Å². The van der Waals surface area contributed by atoms with Gasteiger partial charge in [0, 0.05) is 12.2 Å². The number of benzene rings is 2. The lowest BCUT2D eigenvalue weighted by atomic mass is 10.2. The molecule has 150 valence electrons. The summed E-state index contributed by atoms with van der Waals surface area (Å²) in [6.07, 6.45) is -0.769. The van der Waals surface area contributed by atoms with Gasteiger partial charge in [0.1, 0.15) is 18.1 Å². The summed E-state index contributed by atoms with van der Waals surface area (Å²) >= 11 is 0. The molecule has 0 spiro atoms. The predicted molar refractivity (Wildman–Crippen MR) is 105 cm³/mol. The summed E-state index contributed by atoms with van der Waals surface area (Å²) in [5.41, 5.74) is 1.03. The van der Waals surface area contributed by atoms with Crippen molar-refractivity contribution in [2.45, 2.75) is 20.0 Å². The fourth-order valence-electron chi connectivity index (χ4n) is 2.34. The van der Waals surface area contributed by atoms with Crippen molar-refractivity contribution in [3.8, 4) is 11.5 Å². The Morgan fingerprint density at radius 2 is 1.75 bits per heavy atom. The summed E-state index contributed by atoms with van der Waals surface area (Å²) in [7, 11) is 1.54. The molecule has 1 N–H and O–H groups in total. The van der Waals surface area contributed by atoms with Crippen molar-refractivity contribution in [2.24, 2.45) is 0 Å². The maximum Gasteiger partial charge on any atom is 0.347 e. The van der Waals surface area contributed by atoms with Gasteiger partial charge >= 0.3 is 5.97 Å². The molecule has 0 aliphatic rings. The Kier molecular flexibility index (Phi) is 8.30. The molecule has 0 heterocycles. The third-order valence-corrected chi connectivity index (χ3v) is 3.79. The molecule has 1 unspecified atom stereocenters. The van der Waals surface area contributed by atoms with Crippen LogP contribution in [0.5, 0.6) is 11.5 Å². The van der Waals surface area contributed by atoms with Gasteiger partial charge in [0.25, 0.3) is 5.91 Å². The van der Waals surface area contributed by atoms with Crippen molar-refractivity contribution in [1.29, 1.82) is 0 Å². The highest BCUT2D eigenvalue weighted by Gasteiger charge is 2.16. The zero-order chi connectivity index (χ0) is 20.4. The van der Waals surface area contributed by atoms with Crippen LogP contribution in [0.4, 0.5) is 5.69 Å². The number of anilines is 1. The standard InChI is InChI=1S/C21H25NO6/c1-4-26-13-14-27-21(24)15(2)28-17-11-9-16(10-12-17)20(23)22-18-7-5-6-8-19(18)25-3/h5-12,15H,4,13-14H2,1-3H3,(H,22,23). The van der Waals surface area contributed by atoms with Crippen LogP contribution >= 0.6 is 0 Å². The third-order valence-electron chi connectivity index (χ3n) is 3.79. The number of carbonyl (C=O) groups excluding carboxylic acids is 2. The molecule has 0 saturated heterocycles. The molecule has 2 aromatic carbocycles. The lowest BCUT2D eigenvalue weighted by Crippen LogP contribution is -2.27. The summed E-state index contributed by atoms with van der Waals surface area (Å²) < 4.78 is 21.0. The fraction of sp³-hybridized carbons (Fsp3) is 0.333. The monoisotopic (exact) mass is 387 g/mol. The van der Waals surface area contributed by atoms with E-state index < -0.39 is 12.1 Å². The minimum atomic E-state index is -0.769. The highest BCUT2D eigenvalue weighted by molar-refractivity contribution is 6.05. The molecule has 0 saturated carbocycles. The Balaban J connectivity index is 1.90. The first-order valence-corrected chi connectivity index (χ1v) is 9.00. The van der Waals surface area contributed by atoms with Gasteiger partial charge in [-0.15, -0.1) is 0 Å². The molecule has 0 fully saturated rings. The van der Waals surface area contributed by atoms with E-state index >= 15 is 0 Å². The molecule has 7 nitrogen and oxygen atoms in total. The number of carbonyl (C=O) groups is 2. The van der Waals surface area contributed by atoms with Crippen LogP contribution in [-0.4, -0.2) is 44.9 Å². The molecule has 0 aromatic heterocycles. The summed E-state index contributed by atoms with van der Waals surface area (Å²) in [6, 6.07) is 13.6. The second kappa shape index (κ2) is 10.9. The van der Waals surface area contributed by atoms with Crippen LogP contribution in [0.15, 0.2) is 48.5 Å². The largest absolute Gasteiger partial charge is 0.495 e. The van der Waals surface area contributed by atoms with E-state index in [0.29, 0.717) is 36.0 Å². The topological polar surface area (TPSA) is 83.1 Å². The van der Waals surface area contributed by atoms with E-state index in [1.54, 1.807) is 50.4 Å². The Morgan fingerprint density at radius 3 is 2.43 bits per heavy atom. The Labute approximate surface area is 164 Å². The van der Waals surface area contributed by atoms with E-state index in [2.05, 4.69) is 5.32 Å². The molecule has 2 rings (SSSR count). The van der Waals surface area contributed by atoms with E-state index in [0.717, 1.165) is 0 Å². The molecule has 0 aliphatic carbocycles. The van der Waals surface area contributed by atoms with Crippen LogP contribution in [0, 0.1) is 0 Å². The van der Waals surface area contributed by atoms with Crippen LogP contribution in [-0.2, 0) is 14.3 Å². The second-order valence-electron chi connectivity index (χ2n) is 5.80. The molecule has 1 amide bonds. The number of ether oxygens (including phenoxy) is 4. The predicted octanol–water partition coefficient (Wildman–Crippen LogP) is 3.29. The lowest BCUT2D eigenvalue weighted by molar-refractivity contribution is -0.152. The van der Waals surface area contributed by atoms with Crippen LogP contribution in [0.2, 0.25) is 0 Å². The Morgan fingerprint density at radius 1 is 1.04 bits per heavy atom. The third kappa shape index (κ3) is 6.28. The number of methoxy groups -OCH3 is 1. The molecule has 0 bridgehead atoms. The van der Waals surface area contributed by atoms with Gasteiger partial charge in [-0.3, -0.25) is 4.79 Å². The van der Waals surface area contributed by atoms with Gasteiger partial charge in [-0.1, -0.05) is 12.1 Å². The molecule has 2 aromatic rings. The van der Waals surface area contributed by atoms with Gasteiger partial charge in [-0.05, 0) is 50.2 Å². The van der Waals surface area contributed by atoms with E-state index in [-0.39, 0.29) is 12.5 Å². The maximum atomic E-state index is 12.4. The molecule has 0 radical (unpaired) electrons. The van der Waals surface area contributed by atoms with Gasteiger partial charge in [0.05, 0.1) is 19.4 Å². The van der Waals surface area contributed by atoms with Gasteiger partial charge in [0.15, 0.2) is 6.10 Å². The van der Waals surface area contributed by atoms with Crippen molar-refractivity contribution in [3.05, 3.63) is 54.1 Å². The zero-order valence-electron chi connectivity index (χ0n) is 16.3. The van der Waals surface area contributed by atoms with Crippen LogP contribution in [0.3, 0.4) is 0 Å². The first-order valence-electron chi connectivity index (χ1n) is 9.00. The minimum absolute atomic E-state index is 0.183. The number of amides is 1. The van der Waals surface area contributed by atoms with Gasteiger partial charge in [-0.2, -0.15) is 0 Å². The average Bonchev–Trinajstić information content (AvgIpc) is 2.72. The van der Waals surface area contributed by atoms with E-state index in [1.165, 1.54) is 0 Å². The summed E-state index contributed by atoms with van der Waals surface area (Å²) in [6.45, 7) is 4.58. The number of hydrogen-bond acceptors (Lipinski definition) is 6. The summed E-state index contributed by atoms with van der Waals surface area (Å²) in [5.74, 6) is 0.285. The van der Waals surface area contributed by atoms with Crippen LogP contribution in [0.25, 0.3) is 0 Å². The zero-order valence-corrected chi connectivity index (χ0v) is 16.3. The summed E-state index contributed by atoms with van der Waals surface area (Å²) in [5, 5.41) is 2.80. The molecule has 7 heteroatoms. The van der Waals surface area contributed by atoms with E-state index in [4.69, 9.17) is 18.9 Å². The summed E-state index contributed by atoms with van der Waals surface area (Å²) in [4.78, 5) is 24.3. The van der Waals surface area contributed by atoms with Crippen molar-refractivity contribution in [1.82, 2.24) is 0 Å². The normalized spacial score (nSPS) is 11.4. The van der Waals surface area contributed by atoms with Gasteiger partial charge in [0.2, 0.25) is 0 Å². The van der Waals surface area contributed by atoms with Gasteiger partial charge < -0.3 is 24.3 Å². The van der Waals surface area contributed by atoms with Crippen molar-refractivity contribution in [3.63, 3.8) is 0 Å². The second-order valence-corrected chi connectivity index (χ2v) is 5.80. The van der Waals surface area contributed by atoms with Crippen molar-refractivity contribution in [2.75, 3.05) is 32.2 Å². The number of rotatable bonds is 10. The first-order chi connectivity index (χ1) is 13.5. The smallest absolute Gasteiger partial charge is 0.347 e. The van der Waals surface area contributed by atoms with Crippen LogP contribution in [0.1, 0.15) is 24.2 Å². The van der Waals surface area contributed by atoms with E-state index in [1.807, 2.05) is 19.1 Å². The number of para-hydroxylation sites is 2. The minimum Gasteiger partial charge on any atom is -0.495 e.